The number of benzene rings is 1. The Balaban J connectivity index is 1.75. The van der Waals surface area contributed by atoms with Crippen LogP contribution in [0.2, 0.25) is 0 Å². The molecule has 1 aliphatic rings. The van der Waals surface area contributed by atoms with Gasteiger partial charge in [-0.3, -0.25) is 9.69 Å². The summed E-state index contributed by atoms with van der Waals surface area (Å²) in [4.78, 5) is 13.3. The van der Waals surface area contributed by atoms with Crippen LogP contribution >= 0.6 is 0 Å². The predicted molar refractivity (Wildman–Crippen MR) is 89.0 cm³/mol. The van der Waals surface area contributed by atoms with Crippen molar-refractivity contribution >= 4 is 5.91 Å². The number of amides is 1. The second-order valence-corrected chi connectivity index (χ2v) is 6.02. The largest absolute Gasteiger partial charge is 0.494 e. The topological polar surface area (TPSA) is 41.6 Å². The van der Waals surface area contributed by atoms with Gasteiger partial charge < -0.3 is 10.1 Å². The van der Waals surface area contributed by atoms with Crippen molar-refractivity contribution in [1.29, 1.82) is 0 Å². The van der Waals surface area contributed by atoms with Crippen molar-refractivity contribution in [2.24, 2.45) is 0 Å². The van der Waals surface area contributed by atoms with Gasteiger partial charge >= 0.3 is 0 Å². The number of nitrogens with one attached hydrogen (secondary N) is 1. The van der Waals surface area contributed by atoms with E-state index in [2.05, 4.69) is 28.4 Å². The van der Waals surface area contributed by atoms with Gasteiger partial charge in [-0.2, -0.15) is 0 Å². The Hall–Kier alpha value is -1.55. The van der Waals surface area contributed by atoms with Crippen molar-refractivity contribution in [3.8, 4) is 5.75 Å². The lowest BCUT2D eigenvalue weighted by molar-refractivity contribution is -0.118. The number of carbonyl (C=O) groups excluding carboxylic acids is 1. The summed E-state index contributed by atoms with van der Waals surface area (Å²) in [7, 11) is 0. The molecule has 0 aliphatic carbocycles. The molecule has 0 atom stereocenters. The summed E-state index contributed by atoms with van der Waals surface area (Å²) < 4.78 is 5.77. The van der Waals surface area contributed by atoms with Crippen LogP contribution < -0.4 is 10.1 Å². The average molecular weight is 304 g/mol. The molecule has 122 valence electrons. The Morgan fingerprint density at radius 1 is 1.23 bits per heavy atom. The zero-order valence-electron chi connectivity index (χ0n) is 13.6. The van der Waals surface area contributed by atoms with Crippen LogP contribution in [0.3, 0.4) is 0 Å². The molecular weight excluding hydrogens is 276 g/mol. The van der Waals surface area contributed by atoms with Gasteiger partial charge in [0.05, 0.1) is 6.61 Å². The third kappa shape index (κ3) is 6.48. The third-order valence-corrected chi connectivity index (χ3v) is 3.97. The summed E-state index contributed by atoms with van der Waals surface area (Å²) in [5.74, 6) is 0.939. The summed E-state index contributed by atoms with van der Waals surface area (Å²) in [5, 5.41) is 2.78. The molecule has 1 aliphatic heterocycles. The third-order valence-electron chi connectivity index (χ3n) is 3.97. The van der Waals surface area contributed by atoms with Crippen molar-refractivity contribution in [1.82, 2.24) is 10.2 Å². The maximum absolute atomic E-state index is 10.8. The smallest absolute Gasteiger partial charge is 0.216 e. The Morgan fingerprint density at radius 2 is 2.00 bits per heavy atom. The van der Waals surface area contributed by atoms with Crippen LogP contribution in [-0.4, -0.2) is 37.0 Å². The highest BCUT2D eigenvalue weighted by Gasteiger charge is 2.09. The van der Waals surface area contributed by atoms with Crippen molar-refractivity contribution in [3.63, 3.8) is 0 Å². The monoisotopic (exact) mass is 304 g/mol. The molecule has 22 heavy (non-hydrogen) atoms. The van der Waals surface area contributed by atoms with E-state index >= 15 is 0 Å². The number of ether oxygens (including phenoxy) is 1. The molecule has 2 rings (SSSR count). The molecule has 1 fully saturated rings. The first kappa shape index (κ1) is 16.8. The summed E-state index contributed by atoms with van der Waals surface area (Å²) >= 11 is 0. The molecule has 1 aromatic rings. The van der Waals surface area contributed by atoms with Gasteiger partial charge in [-0.1, -0.05) is 25.0 Å². The SMILES string of the molecule is CC(=O)NCCCOc1cccc(CN2CCCCCC2)c1. The summed E-state index contributed by atoms with van der Waals surface area (Å²) in [5.41, 5.74) is 1.32. The molecule has 4 heteroatoms. The minimum absolute atomic E-state index is 0.0134. The van der Waals surface area contributed by atoms with Crippen LogP contribution in [0.5, 0.6) is 5.75 Å². The van der Waals surface area contributed by atoms with E-state index in [0.717, 1.165) is 18.7 Å². The van der Waals surface area contributed by atoms with E-state index in [1.165, 1.54) is 51.3 Å². The van der Waals surface area contributed by atoms with Crippen molar-refractivity contribution in [3.05, 3.63) is 29.8 Å². The lowest BCUT2D eigenvalue weighted by atomic mass is 10.2. The molecule has 0 radical (unpaired) electrons. The molecule has 0 aromatic heterocycles. The molecule has 1 amide bonds. The van der Waals surface area contributed by atoms with E-state index < -0.39 is 0 Å². The standard InChI is InChI=1S/C18H28N2O2/c1-16(21)19-10-7-13-22-18-9-6-8-17(14-18)15-20-11-4-2-3-5-12-20/h6,8-9,14H,2-5,7,10-13,15H2,1H3,(H,19,21). The Kier molecular flexibility index (Phi) is 7.23. The van der Waals surface area contributed by atoms with E-state index in [-0.39, 0.29) is 5.91 Å². The zero-order chi connectivity index (χ0) is 15.6. The first-order valence-corrected chi connectivity index (χ1v) is 8.42. The number of rotatable bonds is 7. The molecule has 1 saturated heterocycles. The van der Waals surface area contributed by atoms with Crippen LogP contribution in [0, 0.1) is 0 Å². The number of carbonyl (C=O) groups is 1. The van der Waals surface area contributed by atoms with Gasteiger partial charge in [0, 0.05) is 20.0 Å². The van der Waals surface area contributed by atoms with Crippen LogP contribution in [0.25, 0.3) is 0 Å². The highest BCUT2D eigenvalue weighted by molar-refractivity contribution is 5.72. The Labute approximate surface area is 133 Å². The molecule has 0 bridgehead atoms. The Bertz CT molecular complexity index is 454. The van der Waals surface area contributed by atoms with Gasteiger partial charge in [0.1, 0.15) is 5.75 Å². The summed E-state index contributed by atoms with van der Waals surface area (Å²) in [6.45, 7) is 6.27. The van der Waals surface area contributed by atoms with Gasteiger partial charge in [0.15, 0.2) is 0 Å². The molecule has 1 heterocycles. The molecular formula is C18H28N2O2. The highest BCUT2D eigenvalue weighted by Crippen LogP contribution is 2.17. The summed E-state index contributed by atoms with van der Waals surface area (Å²) in [6, 6.07) is 8.39. The lowest BCUT2D eigenvalue weighted by Crippen LogP contribution is -2.24. The number of likely N-dealkylation sites (tertiary alicyclic amines) is 1. The molecule has 0 unspecified atom stereocenters. The van der Waals surface area contributed by atoms with Crippen LogP contribution in [0.4, 0.5) is 0 Å². The molecule has 1 N–H and O–H groups in total. The second-order valence-electron chi connectivity index (χ2n) is 6.02. The minimum atomic E-state index is 0.0134. The van der Waals surface area contributed by atoms with E-state index in [1.807, 2.05) is 6.07 Å². The number of hydrogen-bond acceptors (Lipinski definition) is 3. The van der Waals surface area contributed by atoms with Crippen LogP contribution in [0.1, 0.15) is 44.6 Å². The van der Waals surface area contributed by atoms with E-state index in [0.29, 0.717) is 13.2 Å². The van der Waals surface area contributed by atoms with Crippen LogP contribution in [0.15, 0.2) is 24.3 Å². The second kappa shape index (κ2) is 9.46. The van der Waals surface area contributed by atoms with E-state index in [9.17, 15) is 4.79 Å². The van der Waals surface area contributed by atoms with Crippen molar-refractivity contribution in [2.75, 3.05) is 26.2 Å². The van der Waals surface area contributed by atoms with Gasteiger partial charge in [-0.05, 0) is 50.0 Å². The molecule has 4 nitrogen and oxygen atoms in total. The number of nitrogens with zero attached hydrogens (tertiary/aromatic N) is 1. The maximum Gasteiger partial charge on any atom is 0.216 e. The number of hydrogen-bond donors (Lipinski definition) is 1. The first-order valence-electron chi connectivity index (χ1n) is 8.42. The predicted octanol–water partition coefficient (Wildman–Crippen LogP) is 2.97. The lowest BCUT2D eigenvalue weighted by Gasteiger charge is -2.20. The maximum atomic E-state index is 10.8. The summed E-state index contributed by atoms with van der Waals surface area (Å²) in [6.07, 6.45) is 6.20. The molecule has 0 spiro atoms. The minimum Gasteiger partial charge on any atom is -0.494 e. The highest BCUT2D eigenvalue weighted by atomic mass is 16.5. The van der Waals surface area contributed by atoms with E-state index in [4.69, 9.17) is 4.74 Å². The fourth-order valence-electron chi connectivity index (χ4n) is 2.81. The zero-order valence-corrected chi connectivity index (χ0v) is 13.6. The fraction of sp³-hybridized carbons (Fsp3) is 0.611. The normalized spacial score (nSPS) is 16.0. The average Bonchev–Trinajstić information content (AvgIpc) is 2.76. The van der Waals surface area contributed by atoms with Gasteiger partial charge in [0.25, 0.3) is 0 Å². The Morgan fingerprint density at radius 3 is 2.73 bits per heavy atom. The molecule has 1 aromatic carbocycles. The first-order chi connectivity index (χ1) is 10.7. The quantitative estimate of drug-likeness (QED) is 0.787. The van der Waals surface area contributed by atoms with Crippen LogP contribution in [-0.2, 0) is 11.3 Å². The molecule has 0 saturated carbocycles. The van der Waals surface area contributed by atoms with Crippen molar-refractivity contribution < 1.29 is 9.53 Å². The van der Waals surface area contributed by atoms with E-state index in [1.54, 1.807) is 0 Å². The van der Waals surface area contributed by atoms with Gasteiger partial charge in [0.2, 0.25) is 5.91 Å². The fourth-order valence-corrected chi connectivity index (χ4v) is 2.81. The van der Waals surface area contributed by atoms with Gasteiger partial charge in [-0.15, -0.1) is 0 Å². The van der Waals surface area contributed by atoms with Gasteiger partial charge in [-0.25, -0.2) is 0 Å². The van der Waals surface area contributed by atoms with Crippen molar-refractivity contribution in [2.45, 2.75) is 45.6 Å².